The molecule has 8 fully saturated rings. The van der Waals surface area contributed by atoms with Gasteiger partial charge in [0.25, 0.3) is 5.02 Å². The summed E-state index contributed by atoms with van der Waals surface area (Å²) in [6, 6.07) is 0. The van der Waals surface area contributed by atoms with Gasteiger partial charge < -0.3 is 24.1 Å². The van der Waals surface area contributed by atoms with Gasteiger partial charge >= 0.3 is 5.97 Å². The normalized spacial score (nSPS) is 52.5. The predicted octanol–water partition coefficient (Wildman–Crippen LogP) is 15.2. The zero-order valence-corrected chi connectivity index (χ0v) is 46.0. The Morgan fingerprint density at radius 1 is 0.642 bits per heavy atom. The topological polar surface area (TPSA) is 104 Å². The third-order valence-electron chi connectivity index (χ3n) is 24.3. The van der Waals surface area contributed by atoms with E-state index in [9.17, 15) is 15.0 Å². The number of rotatable bonds is 13. The molecule has 0 radical (unpaired) electrons. The van der Waals surface area contributed by atoms with Crippen LogP contribution in [0.1, 0.15) is 210 Å². The second-order valence-corrected chi connectivity index (χ2v) is 34.6. The van der Waals surface area contributed by atoms with E-state index in [1.54, 1.807) is 4.67 Å². The summed E-state index contributed by atoms with van der Waals surface area (Å²) in [4.78, 5) is 14.4. The summed E-state index contributed by atoms with van der Waals surface area (Å²) >= 11 is 0. The van der Waals surface area contributed by atoms with Gasteiger partial charge in [0.15, 0.2) is 7.14 Å². The van der Waals surface area contributed by atoms with Gasteiger partial charge in [-0.25, -0.2) is 9.46 Å². The van der Waals surface area contributed by atoms with Gasteiger partial charge in [0, 0.05) is 12.8 Å². The number of methoxy groups -OCH3 is 1. The Labute approximate surface area is 407 Å². The summed E-state index contributed by atoms with van der Waals surface area (Å²) in [5, 5.41) is 20.8. The predicted molar refractivity (Wildman–Crippen MR) is 273 cm³/mol. The van der Waals surface area contributed by atoms with E-state index >= 15 is 9.13 Å². The molecule has 0 aromatic heterocycles. The van der Waals surface area contributed by atoms with Crippen molar-refractivity contribution in [1.82, 2.24) is 4.67 Å². The number of hydrogen-bond donors (Lipinski definition) is 2. The van der Waals surface area contributed by atoms with Crippen molar-refractivity contribution in [2.45, 2.75) is 226 Å². The zero-order chi connectivity index (χ0) is 48.1. The summed E-state index contributed by atoms with van der Waals surface area (Å²) in [6.07, 6.45) is 27.6. The number of allylic oxidation sites excluding steroid dienone is 2. The first-order valence-electron chi connectivity index (χ1n) is 28.4. The highest BCUT2D eigenvalue weighted by molar-refractivity contribution is 7.94. The molecule has 378 valence electrons. The molecule has 2 aliphatic heterocycles. The largest absolute Gasteiger partial charge is 0.467 e. The maximum Gasteiger partial charge on any atom is 0.343 e. The van der Waals surface area contributed by atoms with Gasteiger partial charge in [-0.1, -0.05) is 131 Å². The molecule has 0 spiro atoms. The SMILES string of the molecule is COC(=O)[C@]12N(CP1(=O)C1(O)CC[C@@]3(C)C(=CCC4C3CC[C@@]3(C)C4CC[C@@H]3[C@H](C)CCCC(C)C)C1)P2(=O)C1(O)CC[C@@]2(C)C(=CCC3C2CC[C@@]2(C)C3CC[C@@H]2[C@H](C)CCCC(C)C)C1. The fraction of sp³-hybridized carbons (Fsp3) is 0.914. The minimum Gasteiger partial charge on any atom is -0.467 e. The number of aliphatic hydroxyl groups is 2. The molecule has 0 aromatic rings. The van der Waals surface area contributed by atoms with Crippen LogP contribution in [0, 0.1) is 92.7 Å². The molecule has 6 saturated carbocycles. The van der Waals surface area contributed by atoms with E-state index in [0.29, 0.717) is 65.6 Å². The van der Waals surface area contributed by atoms with Crippen LogP contribution in [0.2, 0.25) is 0 Å². The molecule has 2 saturated heterocycles. The number of fused-ring (bicyclic) bond motifs is 11. The second-order valence-electron chi connectivity index (χ2n) is 27.9. The highest BCUT2D eigenvalue weighted by Crippen LogP contribution is 3.07. The third kappa shape index (κ3) is 6.65. The number of nitrogens with zero attached hydrogens (tertiary/aromatic N) is 1. The molecule has 67 heavy (non-hydrogen) atoms. The Bertz CT molecular complexity index is 2010. The molecule has 9 heteroatoms. The zero-order valence-electron chi connectivity index (χ0n) is 44.2. The number of carbonyl (C=O) groups is 1. The van der Waals surface area contributed by atoms with Crippen LogP contribution in [-0.2, 0) is 18.7 Å². The van der Waals surface area contributed by atoms with Crippen molar-refractivity contribution < 1.29 is 28.9 Å². The van der Waals surface area contributed by atoms with Crippen LogP contribution < -0.4 is 0 Å². The van der Waals surface area contributed by atoms with Crippen molar-refractivity contribution in [3.8, 4) is 0 Å². The molecule has 0 aromatic carbocycles. The van der Waals surface area contributed by atoms with Gasteiger partial charge in [-0.3, -0.25) is 0 Å². The molecule has 0 amide bonds. The van der Waals surface area contributed by atoms with E-state index in [4.69, 9.17) is 4.74 Å². The number of carbonyl (C=O) groups excluding carboxylic acids is 1. The first-order valence-corrected chi connectivity index (χ1v) is 31.9. The van der Waals surface area contributed by atoms with Crippen LogP contribution in [0.15, 0.2) is 23.3 Å². The van der Waals surface area contributed by atoms with Gasteiger partial charge in [-0.15, -0.1) is 0 Å². The minimum atomic E-state index is -3.99. The standard InChI is InChI=1S/C58H95NO6P2/c1-37(2)14-12-16-39(5)45-22-24-47-43-20-18-41-34-56(61,32-30-52(41,7)49(43)26-28-54(45,47)9)66(63)36-59-58(66,51(60)65-11)67(59,64)57(62)33-31-53(8)42(35-57)19-21-44-48-25-23-46(40(6)17-13-15-38(3)4)55(48,10)29-27-50(44)53/h18-19,37-40,43-50,61-62H,12-17,20-36H2,1-11H3/t39-,40-,43?,44?,45-,46-,47?,48?,49?,50?,52+,53+,54-,55-,56?,57?,58+,59?,66?,67?/m1/s1. The van der Waals surface area contributed by atoms with Crippen molar-refractivity contribution in [2.75, 3.05) is 13.4 Å². The molecule has 10 rings (SSSR count). The van der Waals surface area contributed by atoms with Gasteiger partial charge in [0.05, 0.1) is 13.4 Å². The molecule has 20 atom stereocenters. The lowest BCUT2D eigenvalue weighted by atomic mass is 9.47. The molecular formula is C58H95NO6P2. The van der Waals surface area contributed by atoms with Crippen molar-refractivity contribution in [3.63, 3.8) is 0 Å². The molecule has 0 bridgehead atoms. The Balaban J connectivity index is 0.863. The van der Waals surface area contributed by atoms with Gasteiger partial charge in [0.1, 0.15) is 10.7 Å². The molecule has 10 aliphatic rings. The first-order chi connectivity index (χ1) is 31.5. The monoisotopic (exact) mass is 964 g/mol. The van der Waals surface area contributed by atoms with Gasteiger partial charge in [-0.2, -0.15) is 0 Å². The Morgan fingerprint density at radius 3 is 1.54 bits per heavy atom. The Hall–Kier alpha value is -0.710. The minimum absolute atomic E-state index is 0.0796. The molecule has 7 nitrogen and oxygen atoms in total. The number of hydrogen-bond acceptors (Lipinski definition) is 6. The molecule has 2 heterocycles. The van der Waals surface area contributed by atoms with Crippen molar-refractivity contribution in [3.05, 3.63) is 23.3 Å². The van der Waals surface area contributed by atoms with Crippen molar-refractivity contribution in [1.29, 1.82) is 0 Å². The van der Waals surface area contributed by atoms with Crippen LogP contribution in [0.3, 0.4) is 0 Å². The van der Waals surface area contributed by atoms with Crippen LogP contribution >= 0.6 is 14.4 Å². The summed E-state index contributed by atoms with van der Waals surface area (Å²) in [7, 11) is -6.62. The highest BCUT2D eigenvalue weighted by atomic mass is 31.2. The molecule has 2 N–H and O–H groups in total. The van der Waals surface area contributed by atoms with Crippen molar-refractivity contribution >= 4 is 20.4 Å². The lowest BCUT2D eigenvalue weighted by molar-refractivity contribution is -0.142. The number of ether oxygens (including phenoxy) is 1. The van der Waals surface area contributed by atoms with Crippen LogP contribution in [-0.4, -0.2) is 50.0 Å². The summed E-state index contributed by atoms with van der Waals surface area (Å²) in [5.41, 5.74) is 2.98. The Morgan fingerprint density at radius 2 is 1.09 bits per heavy atom. The van der Waals surface area contributed by atoms with Crippen molar-refractivity contribution in [2.24, 2.45) is 92.7 Å². The van der Waals surface area contributed by atoms with Crippen LogP contribution in [0.25, 0.3) is 0 Å². The van der Waals surface area contributed by atoms with Crippen LogP contribution in [0.4, 0.5) is 0 Å². The average Bonchev–Trinajstić information content (AvgIpc) is 3.50. The van der Waals surface area contributed by atoms with E-state index < -0.39 is 36.1 Å². The van der Waals surface area contributed by atoms with E-state index in [2.05, 4.69) is 81.4 Å². The summed E-state index contributed by atoms with van der Waals surface area (Å²) < 4.78 is 39.1. The van der Waals surface area contributed by atoms with E-state index in [1.807, 2.05) is 0 Å². The van der Waals surface area contributed by atoms with Gasteiger partial charge in [-0.05, 0) is 183 Å². The highest BCUT2D eigenvalue weighted by Gasteiger charge is 3.00. The number of esters is 1. The fourth-order valence-electron chi connectivity index (χ4n) is 20.5. The average molecular weight is 964 g/mol. The molecule has 11 unspecified atom stereocenters. The summed E-state index contributed by atoms with van der Waals surface area (Å²) in [5.74, 6) is 7.60. The lowest BCUT2D eigenvalue weighted by Gasteiger charge is -2.60. The quantitative estimate of drug-likeness (QED) is 0.0820. The molecule has 8 aliphatic carbocycles. The summed E-state index contributed by atoms with van der Waals surface area (Å²) in [6.45, 7) is 24.6. The maximum atomic E-state index is 16.0. The second kappa shape index (κ2) is 16.7. The van der Waals surface area contributed by atoms with Crippen LogP contribution in [0.5, 0.6) is 0 Å². The molecular weight excluding hydrogens is 869 g/mol. The van der Waals surface area contributed by atoms with E-state index in [1.165, 1.54) is 108 Å². The van der Waals surface area contributed by atoms with Gasteiger partial charge in [0.2, 0.25) is 7.29 Å². The third-order valence-corrected chi connectivity index (χ3v) is 34.0. The fourth-order valence-corrected chi connectivity index (χ4v) is 32.2. The maximum absolute atomic E-state index is 16.0. The lowest BCUT2D eigenvalue weighted by Crippen LogP contribution is -2.55. The Kier molecular flexibility index (Phi) is 12.4. The first kappa shape index (κ1) is 49.9. The van der Waals surface area contributed by atoms with E-state index in [0.717, 1.165) is 54.8 Å². The smallest absolute Gasteiger partial charge is 0.343 e. The van der Waals surface area contributed by atoms with E-state index in [-0.39, 0.29) is 30.0 Å².